The quantitative estimate of drug-likeness (QED) is 0.864. The third-order valence-corrected chi connectivity index (χ3v) is 4.17. The Morgan fingerprint density at radius 3 is 2.81 bits per heavy atom. The van der Waals surface area contributed by atoms with Gasteiger partial charge in [-0.15, -0.1) is 0 Å². The molecule has 0 N–H and O–H groups in total. The largest absolute Gasteiger partial charge is 0.496 e. The van der Waals surface area contributed by atoms with E-state index in [9.17, 15) is 0 Å². The van der Waals surface area contributed by atoms with Gasteiger partial charge in [-0.25, -0.2) is 9.97 Å². The number of benzene rings is 1. The third-order valence-electron chi connectivity index (χ3n) is 4.17. The molecule has 2 aromatic rings. The lowest BCUT2D eigenvalue weighted by atomic mass is 10.0. The number of aryl methyl sites for hydroxylation is 1. The second-order valence-corrected chi connectivity index (χ2v) is 5.60. The molecule has 0 spiro atoms. The summed E-state index contributed by atoms with van der Waals surface area (Å²) in [5.41, 5.74) is 3.75. The number of nitrogens with zero attached hydrogens (tertiary/aromatic N) is 3. The first-order valence-electron chi connectivity index (χ1n) is 7.40. The average molecular weight is 283 g/mol. The van der Waals surface area contributed by atoms with E-state index in [1.807, 2.05) is 12.4 Å². The van der Waals surface area contributed by atoms with Gasteiger partial charge in [-0.3, -0.25) is 4.90 Å². The molecule has 1 aromatic heterocycles. The van der Waals surface area contributed by atoms with E-state index in [4.69, 9.17) is 4.74 Å². The summed E-state index contributed by atoms with van der Waals surface area (Å²) in [4.78, 5) is 10.7. The standard InChI is InChI=1S/C17H21N3O/c1-13-8-15(5-6-17(13)21-2)16-4-3-7-20(16)11-14-9-18-12-19-10-14/h5-6,8-10,12,16H,3-4,7,11H2,1-2H3/t16-/m0/s1. The summed E-state index contributed by atoms with van der Waals surface area (Å²) in [6, 6.07) is 7.00. The van der Waals surface area contributed by atoms with E-state index >= 15 is 0 Å². The van der Waals surface area contributed by atoms with Crippen LogP contribution in [0.5, 0.6) is 5.75 Å². The van der Waals surface area contributed by atoms with Crippen LogP contribution in [0.15, 0.2) is 36.9 Å². The van der Waals surface area contributed by atoms with Gasteiger partial charge in [-0.1, -0.05) is 12.1 Å². The highest BCUT2D eigenvalue weighted by Gasteiger charge is 2.26. The van der Waals surface area contributed by atoms with Gasteiger partial charge in [0.2, 0.25) is 0 Å². The molecule has 0 saturated carbocycles. The lowest BCUT2D eigenvalue weighted by Crippen LogP contribution is -2.23. The summed E-state index contributed by atoms with van der Waals surface area (Å²) in [6.07, 6.45) is 7.84. The molecule has 1 aliphatic heterocycles. The summed E-state index contributed by atoms with van der Waals surface area (Å²) in [7, 11) is 1.72. The van der Waals surface area contributed by atoms with Crippen LogP contribution in [0.2, 0.25) is 0 Å². The number of methoxy groups -OCH3 is 1. The Kier molecular flexibility index (Phi) is 4.15. The van der Waals surface area contributed by atoms with E-state index in [1.54, 1.807) is 13.4 Å². The Bertz CT molecular complexity index is 600. The molecule has 4 nitrogen and oxygen atoms in total. The van der Waals surface area contributed by atoms with Crippen molar-refractivity contribution in [3.8, 4) is 5.75 Å². The number of rotatable bonds is 4. The Morgan fingerprint density at radius 2 is 2.10 bits per heavy atom. The molecule has 21 heavy (non-hydrogen) atoms. The lowest BCUT2D eigenvalue weighted by molar-refractivity contribution is 0.247. The smallest absolute Gasteiger partial charge is 0.121 e. The highest BCUT2D eigenvalue weighted by Crippen LogP contribution is 2.34. The first-order valence-corrected chi connectivity index (χ1v) is 7.40. The molecule has 1 fully saturated rings. The van der Waals surface area contributed by atoms with Gasteiger partial charge in [-0.2, -0.15) is 0 Å². The van der Waals surface area contributed by atoms with Crippen LogP contribution in [0.3, 0.4) is 0 Å². The average Bonchev–Trinajstić information content (AvgIpc) is 2.96. The summed E-state index contributed by atoms with van der Waals surface area (Å²) in [5.74, 6) is 0.958. The van der Waals surface area contributed by atoms with Crippen molar-refractivity contribution in [3.63, 3.8) is 0 Å². The van der Waals surface area contributed by atoms with Gasteiger partial charge in [0, 0.05) is 30.5 Å². The fourth-order valence-electron chi connectivity index (χ4n) is 3.15. The molecule has 0 aliphatic carbocycles. The number of hydrogen-bond acceptors (Lipinski definition) is 4. The zero-order valence-corrected chi connectivity index (χ0v) is 12.6. The zero-order chi connectivity index (χ0) is 14.7. The van der Waals surface area contributed by atoms with E-state index < -0.39 is 0 Å². The Morgan fingerprint density at radius 1 is 1.29 bits per heavy atom. The van der Waals surface area contributed by atoms with Gasteiger partial charge in [0.1, 0.15) is 12.1 Å². The van der Waals surface area contributed by atoms with E-state index in [2.05, 4.69) is 40.0 Å². The van der Waals surface area contributed by atoms with E-state index in [0.29, 0.717) is 6.04 Å². The van der Waals surface area contributed by atoms with Crippen LogP contribution in [0, 0.1) is 6.92 Å². The minimum atomic E-state index is 0.481. The second-order valence-electron chi connectivity index (χ2n) is 5.60. The molecule has 0 radical (unpaired) electrons. The minimum absolute atomic E-state index is 0.481. The summed E-state index contributed by atoms with van der Waals surface area (Å²) in [6.45, 7) is 4.15. The third kappa shape index (κ3) is 3.05. The number of ether oxygens (including phenoxy) is 1. The van der Waals surface area contributed by atoms with Crippen LogP contribution >= 0.6 is 0 Å². The monoisotopic (exact) mass is 283 g/mol. The van der Waals surface area contributed by atoms with E-state index in [1.165, 1.54) is 29.5 Å². The minimum Gasteiger partial charge on any atom is -0.496 e. The Balaban J connectivity index is 1.79. The van der Waals surface area contributed by atoms with Crippen molar-refractivity contribution in [2.24, 2.45) is 0 Å². The van der Waals surface area contributed by atoms with Gasteiger partial charge in [0.25, 0.3) is 0 Å². The van der Waals surface area contributed by atoms with Crippen LogP contribution in [-0.4, -0.2) is 28.5 Å². The molecular weight excluding hydrogens is 262 g/mol. The van der Waals surface area contributed by atoms with Gasteiger partial charge < -0.3 is 4.74 Å². The van der Waals surface area contributed by atoms with Crippen molar-refractivity contribution in [2.75, 3.05) is 13.7 Å². The topological polar surface area (TPSA) is 38.2 Å². The van der Waals surface area contributed by atoms with Gasteiger partial charge >= 0.3 is 0 Å². The maximum atomic E-state index is 5.35. The maximum Gasteiger partial charge on any atom is 0.121 e. The van der Waals surface area contributed by atoms with Crippen molar-refractivity contribution in [1.29, 1.82) is 0 Å². The first-order chi connectivity index (χ1) is 10.3. The summed E-state index contributed by atoms with van der Waals surface area (Å²) < 4.78 is 5.35. The van der Waals surface area contributed by atoms with Crippen LogP contribution in [0.4, 0.5) is 0 Å². The van der Waals surface area contributed by atoms with Crippen molar-refractivity contribution < 1.29 is 4.74 Å². The molecule has 0 bridgehead atoms. The molecule has 1 saturated heterocycles. The van der Waals surface area contributed by atoms with Gasteiger partial charge in [0.15, 0.2) is 0 Å². The fraction of sp³-hybridized carbons (Fsp3) is 0.412. The summed E-state index contributed by atoms with van der Waals surface area (Å²) >= 11 is 0. The fourth-order valence-corrected chi connectivity index (χ4v) is 3.15. The number of hydrogen-bond donors (Lipinski definition) is 0. The maximum absolute atomic E-state index is 5.35. The van der Waals surface area contributed by atoms with Crippen LogP contribution in [-0.2, 0) is 6.54 Å². The molecular formula is C17H21N3O. The molecule has 1 aromatic carbocycles. The molecule has 4 heteroatoms. The molecule has 0 amide bonds. The SMILES string of the molecule is COc1ccc([C@@H]2CCCN2Cc2cncnc2)cc1C. The highest BCUT2D eigenvalue weighted by atomic mass is 16.5. The molecule has 110 valence electrons. The molecule has 3 rings (SSSR count). The van der Waals surface area contributed by atoms with Gasteiger partial charge in [-0.05, 0) is 43.5 Å². The van der Waals surface area contributed by atoms with Crippen molar-refractivity contribution in [2.45, 2.75) is 32.4 Å². The van der Waals surface area contributed by atoms with E-state index in [-0.39, 0.29) is 0 Å². The van der Waals surface area contributed by atoms with Gasteiger partial charge in [0.05, 0.1) is 7.11 Å². The number of aromatic nitrogens is 2. The van der Waals surface area contributed by atoms with Crippen LogP contribution < -0.4 is 4.74 Å². The van der Waals surface area contributed by atoms with Crippen molar-refractivity contribution >= 4 is 0 Å². The highest BCUT2D eigenvalue weighted by molar-refractivity contribution is 5.37. The lowest BCUT2D eigenvalue weighted by Gasteiger charge is -2.25. The molecule has 0 unspecified atom stereocenters. The normalized spacial score (nSPS) is 18.9. The predicted octanol–water partition coefficient (Wildman–Crippen LogP) is 3.13. The summed E-state index contributed by atoms with van der Waals surface area (Å²) in [5, 5.41) is 0. The Hall–Kier alpha value is -1.94. The Labute approximate surface area is 125 Å². The first kappa shape index (κ1) is 14.0. The predicted molar refractivity (Wildman–Crippen MR) is 82.1 cm³/mol. The van der Waals surface area contributed by atoms with Crippen molar-refractivity contribution in [1.82, 2.24) is 14.9 Å². The second kappa shape index (κ2) is 6.22. The number of likely N-dealkylation sites (tertiary alicyclic amines) is 1. The van der Waals surface area contributed by atoms with Crippen LogP contribution in [0.25, 0.3) is 0 Å². The van der Waals surface area contributed by atoms with Crippen LogP contribution in [0.1, 0.15) is 35.6 Å². The van der Waals surface area contributed by atoms with E-state index in [0.717, 1.165) is 18.8 Å². The molecule has 1 aliphatic rings. The zero-order valence-electron chi connectivity index (χ0n) is 12.6. The molecule has 1 atom stereocenters. The van der Waals surface area contributed by atoms with Crippen molar-refractivity contribution in [3.05, 3.63) is 53.6 Å². The molecule has 2 heterocycles.